The van der Waals surface area contributed by atoms with Crippen LogP contribution < -0.4 is 4.90 Å². The molecular weight excluding hydrogens is 440 g/mol. The van der Waals surface area contributed by atoms with E-state index in [1.165, 1.54) is 36.8 Å². The van der Waals surface area contributed by atoms with Crippen molar-refractivity contribution in [2.45, 2.75) is 112 Å². The fraction of sp³-hybridized carbons (Fsp3) is 0.606. The standard InChI is InChI=1S/C29H44N2O.2C2H6/c1-5-9-10-11-14-26-15-17-27(18-16-26)31(29(32)8-4)28-20-23-30(24-21-28)22-19-25(12-6-2)13-7-3;2*1-2/h6-7,12-13,15-18,28H,2,5,8-11,14,19-24H2,1,3-4H3;2*1-2H3/b13-7-,25-12+;;. The van der Waals surface area contributed by atoms with E-state index in [-0.39, 0.29) is 5.91 Å². The molecular formula is C33H56N2O. The molecule has 0 aliphatic carbocycles. The van der Waals surface area contributed by atoms with Gasteiger partial charge in [-0.25, -0.2) is 0 Å². The first-order valence-corrected chi connectivity index (χ1v) is 14.7. The normalized spacial score (nSPS) is 14.5. The third-order valence-corrected chi connectivity index (χ3v) is 6.46. The molecule has 1 aliphatic rings. The second-order valence-electron chi connectivity index (χ2n) is 8.89. The molecule has 0 bridgehead atoms. The van der Waals surface area contributed by atoms with E-state index in [0.29, 0.717) is 12.5 Å². The predicted octanol–water partition coefficient (Wildman–Crippen LogP) is 9.15. The minimum absolute atomic E-state index is 0.239. The number of hydrogen-bond acceptors (Lipinski definition) is 2. The van der Waals surface area contributed by atoms with Crippen molar-refractivity contribution in [3.8, 4) is 0 Å². The van der Waals surface area contributed by atoms with E-state index in [4.69, 9.17) is 0 Å². The molecule has 1 amide bonds. The van der Waals surface area contributed by atoms with Gasteiger partial charge in [-0.15, -0.1) is 0 Å². The summed E-state index contributed by atoms with van der Waals surface area (Å²) < 4.78 is 0. The van der Waals surface area contributed by atoms with Crippen molar-refractivity contribution in [2.75, 3.05) is 24.5 Å². The van der Waals surface area contributed by atoms with Crippen LogP contribution in [0.2, 0.25) is 0 Å². The molecule has 1 aliphatic heterocycles. The lowest BCUT2D eigenvalue weighted by Gasteiger charge is -2.38. The third-order valence-electron chi connectivity index (χ3n) is 6.46. The Balaban J connectivity index is 0.00000291. The fourth-order valence-electron chi connectivity index (χ4n) is 4.58. The zero-order valence-electron chi connectivity index (χ0n) is 24.7. The number of unbranched alkanes of at least 4 members (excludes halogenated alkanes) is 3. The van der Waals surface area contributed by atoms with Gasteiger partial charge in [0.05, 0.1) is 0 Å². The van der Waals surface area contributed by atoms with E-state index in [1.807, 2.05) is 40.7 Å². The molecule has 36 heavy (non-hydrogen) atoms. The number of nitrogens with zero attached hydrogens (tertiary/aromatic N) is 2. The molecule has 0 N–H and O–H groups in total. The summed E-state index contributed by atoms with van der Waals surface area (Å²) in [7, 11) is 0. The summed E-state index contributed by atoms with van der Waals surface area (Å²) in [5.74, 6) is 0.239. The number of likely N-dealkylation sites (tertiary alicyclic amines) is 1. The van der Waals surface area contributed by atoms with Crippen LogP contribution in [0.25, 0.3) is 0 Å². The van der Waals surface area contributed by atoms with Gasteiger partial charge in [0.1, 0.15) is 0 Å². The molecule has 1 saturated heterocycles. The second kappa shape index (κ2) is 22.1. The van der Waals surface area contributed by atoms with Crippen molar-refractivity contribution in [1.82, 2.24) is 4.90 Å². The molecule has 204 valence electrons. The van der Waals surface area contributed by atoms with Crippen molar-refractivity contribution in [3.05, 3.63) is 66.3 Å². The van der Waals surface area contributed by atoms with Crippen LogP contribution in [0, 0.1) is 0 Å². The maximum absolute atomic E-state index is 12.9. The van der Waals surface area contributed by atoms with Crippen molar-refractivity contribution < 1.29 is 4.79 Å². The van der Waals surface area contributed by atoms with Crippen molar-refractivity contribution >= 4 is 11.6 Å². The lowest BCUT2D eigenvalue weighted by molar-refractivity contribution is -0.119. The third kappa shape index (κ3) is 12.7. The number of hydrogen-bond donors (Lipinski definition) is 0. The fourth-order valence-corrected chi connectivity index (χ4v) is 4.58. The summed E-state index contributed by atoms with van der Waals surface area (Å²) in [5, 5.41) is 0. The molecule has 1 fully saturated rings. The average Bonchev–Trinajstić information content (AvgIpc) is 2.94. The summed E-state index contributed by atoms with van der Waals surface area (Å²) in [6.45, 7) is 21.3. The van der Waals surface area contributed by atoms with E-state index in [0.717, 1.165) is 51.0 Å². The highest BCUT2D eigenvalue weighted by Gasteiger charge is 2.28. The Bertz CT molecular complexity index is 739. The summed E-state index contributed by atoms with van der Waals surface area (Å²) >= 11 is 0. The highest BCUT2D eigenvalue weighted by Crippen LogP contribution is 2.26. The van der Waals surface area contributed by atoms with E-state index >= 15 is 0 Å². The van der Waals surface area contributed by atoms with Crippen LogP contribution in [0.1, 0.15) is 105 Å². The van der Waals surface area contributed by atoms with Crippen LogP contribution in [0.4, 0.5) is 5.69 Å². The van der Waals surface area contributed by atoms with Crippen LogP contribution in [0.15, 0.2) is 60.7 Å². The molecule has 0 aromatic heterocycles. The first-order chi connectivity index (χ1) is 17.6. The Hall–Kier alpha value is -2.13. The molecule has 0 atom stereocenters. The number of carbonyl (C=O) groups is 1. The molecule has 1 aromatic rings. The van der Waals surface area contributed by atoms with Gasteiger partial charge < -0.3 is 9.80 Å². The maximum Gasteiger partial charge on any atom is 0.226 e. The highest BCUT2D eigenvalue weighted by atomic mass is 16.2. The quantitative estimate of drug-likeness (QED) is 0.201. The van der Waals surface area contributed by atoms with Gasteiger partial charge in [-0.2, -0.15) is 0 Å². The number of anilines is 1. The zero-order chi connectivity index (χ0) is 27.2. The Morgan fingerprint density at radius 1 is 1.03 bits per heavy atom. The highest BCUT2D eigenvalue weighted by molar-refractivity contribution is 5.93. The number of allylic oxidation sites excluding steroid dienone is 4. The monoisotopic (exact) mass is 496 g/mol. The van der Waals surface area contributed by atoms with Crippen LogP contribution in [0.3, 0.4) is 0 Å². The minimum atomic E-state index is 0.239. The summed E-state index contributed by atoms with van der Waals surface area (Å²) in [5.41, 5.74) is 3.77. The van der Waals surface area contributed by atoms with Gasteiger partial charge in [0.2, 0.25) is 5.91 Å². The number of amides is 1. The lowest BCUT2D eigenvalue weighted by Crippen LogP contribution is -2.47. The van der Waals surface area contributed by atoms with Gasteiger partial charge in [-0.3, -0.25) is 4.79 Å². The Kier molecular flexibility index (Phi) is 20.8. The lowest BCUT2D eigenvalue weighted by atomic mass is 10.00. The number of benzene rings is 1. The zero-order valence-corrected chi connectivity index (χ0v) is 24.7. The predicted molar refractivity (Wildman–Crippen MR) is 162 cm³/mol. The van der Waals surface area contributed by atoms with E-state index in [1.54, 1.807) is 0 Å². The first kappa shape index (κ1) is 33.9. The largest absolute Gasteiger partial charge is 0.309 e. The second-order valence-corrected chi connectivity index (χ2v) is 8.89. The van der Waals surface area contributed by atoms with E-state index in [2.05, 4.69) is 72.7 Å². The smallest absolute Gasteiger partial charge is 0.226 e. The van der Waals surface area contributed by atoms with Crippen LogP contribution in [-0.2, 0) is 11.2 Å². The average molecular weight is 497 g/mol. The number of rotatable bonds is 13. The molecule has 0 unspecified atom stereocenters. The number of carbonyl (C=O) groups excluding carboxylic acids is 1. The summed E-state index contributed by atoms with van der Waals surface area (Å²) in [6, 6.07) is 9.08. The summed E-state index contributed by atoms with van der Waals surface area (Å²) in [4.78, 5) is 17.5. The van der Waals surface area contributed by atoms with Crippen LogP contribution >= 0.6 is 0 Å². The molecule has 0 saturated carbocycles. The van der Waals surface area contributed by atoms with E-state index in [9.17, 15) is 4.79 Å². The molecule has 0 spiro atoms. The Labute approximate surface area is 224 Å². The molecule has 3 nitrogen and oxygen atoms in total. The molecule has 1 heterocycles. The van der Waals surface area contributed by atoms with Gasteiger partial charge in [0, 0.05) is 37.8 Å². The van der Waals surface area contributed by atoms with Crippen molar-refractivity contribution in [2.24, 2.45) is 0 Å². The van der Waals surface area contributed by atoms with Gasteiger partial charge in [-0.05, 0) is 62.3 Å². The van der Waals surface area contributed by atoms with Gasteiger partial charge >= 0.3 is 0 Å². The van der Waals surface area contributed by atoms with Gasteiger partial charge in [0.15, 0.2) is 0 Å². The molecule has 2 rings (SSSR count). The molecule has 3 heteroatoms. The van der Waals surface area contributed by atoms with Crippen molar-refractivity contribution in [3.63, 3.8) is 0 Å². The van der Waals surface area contributed by atoms with E-state index < -0.39 is 0 Å². The van der Waals surface area contributed by atoms with Gasteiger partial charge in [-0.1, -0.05) is 104 Å². The maximum atomic E-state index is 12.9. The first-order valence-electron chi connectivity index (χ1n) is 14.7. The SMILES string of the molecule is C=C/C=C(\C=C/C)CCN1CCC(N(C(=O)CC)c2ccc(CCCCCC)cc2)CC1.CC.CC. The Morgan fingerprint density at radius 2 is 1.67 bits per heavy atom. The van der Waals surface area contributed by atoms with Crippen LogP contribution in [0.5, 0.6) is 0 Å². The van der Waals surface area contributed by atoms with Crippen molar-refractivity contribution in [1.29, 1.82) is 0 Å². The molecule has 1 aromatic carbocycles. The molecule has 0 radical (unpaired) electrons. The summed E-state index contributed by atoms with van der Waals surface area (Å²) in [6.07, 6.45) is 18.2. The van der Waals surface area contributed by atoms with Crippen LogP contribution in [-0.4, -0.2) is 36.5 Å². The van der Waals surface area contributed by atoms with Gasteiger partial charge in [0.25, 0.3) is 0 Å². The number of aryl methyl sites for hydroxylation is 1. The number of piperidine rings is 1. The topological polar surface area (TPSA) is 23.6 Å². The minimum Gasteiger partial charge on any atom is -0.309 e. The Morgan fingerprint density at radius 3 is 2.19 bits per heavy atom.